The second kappa shape index (κ2) is 12.3. The average molecular weight is 607 g/mol. The van der Waals surface area contributed by atoms with E-state index in [0.29, 0.717) is 13.0 Å². The van der Waals surface area contributed by atoms with Gasteiger partial charge in [0.15, 0.2) is 0 Å². The van der Waals surface area contributed by atoms with Crippen molar-refractivity contribution in [2.24, 2.45) is 39.7 Å². The predicted octanol–water partition coefficient (Wildman–Crippen LogP) is 1.29. The molecule has 3 rings (SSSR count). The molecule has 0 aromatic carbocycles. The van der Waals surface area contributed by atoms with Crippen LogP contribution in [0.3, 0.4) is 0 Å². The van der Waals surface area contributed by atoms with E-state index in [1.807, 2.05) is 55.4 Å². The number of hydrogen-bond acceptors (Lipinski definition) is 7. The molecule has 1 heterocycles. The number of carbonyl (C=O) groups excluding carboxylic acids is 6. The molecule has 6 amide bonds. The summed E-state index contributed by atoms with van der Waals surface area (Å²) < 4.78 is 5.18. The molecule has 0 radical (unpaired) electrons. The molecule has 2 saturated carbocycles. The Morgan fingerprint density at radius 3 is 2.05 bits per heavy atom. The molecule has 3 fully saturated rings. The van der Waals surface area contributed by atoms with Gasteiger partial charge in [-0.05, 0) is 40.4 Å². The van der Waals surface area contributed by atoms with E-state index in [2.05, 4.69) is 21.3 Å². The summed E-state index contributed by atoms with van der Waals surface area (Å²) in [6, 6.07) is -4.09. The van der Waals surface area contributed by atoms with Crippen molar-refractivity contribution in [2.75, 3.05) is 20.2 Å². The van der Waals surface area contributed by atoms with Crippen LogP contribution in [0.2, 0.25) is 0 Å². The molecular weight excluding hydrogens is 556 g/mol. The number of alkyl carbamates (subject to hydrolysis) is 1. The molecule has 0 aromatic rings. The Bertz CT molecular complexity index is 1140. The third-order valence-electron chi connectivity index (χ3n) is 9.23. The number of nitrogens with one attached hydrogen (secondary N) is 4. The number of piperidine rings is 1. The van der Waals surface area contributed by atoms with Gasteiger partial charge in [0.2, 0.25) is 17.6 Å². The molecule has 0 aromatic heterocycles. The maximum absolute atomic E-state index is 14.2. The van der Waals surface area contributed by atoms with E-state index in [1.54, 1.807) is 0 Å². The van der Waals surface area contributed by atoms with Crippen LogP contribution < -0.4 is 27.0 Å². The van der Waals surface area contributed by atoms with Gasteiger partial charge in [0.1, 0.15) is 18.7 Å². The van der Waals surface area contributed by atoms with Gasteiger partial charge in [-0.15, -0.1) is 0 Å². The molecule has 6 atom stereocenters. The number of amides is 6. The van der Waals surface area contributed by atoms with E-state index >= 15 is 0 Å². The summed E-state index contributed by atoms with van der Waals surface area (Å²) in [5.74, 6) is -2.69. The number of ether oxygens (including phenoxy) is 1. The summed E-state index contributed by atoms with van der Waals surface area (Å²) in [6.07, 6.45) is 1.53. The number of ketones is 1. The number of urea groups is 1. The number of fused-ring (bicyclic) bond motifs is 1. The highest BCUT2D eigenvalue weighted by molar-refractivity contribution is 6.37. The lowest BCUT2D eigenvalue weighted by molar-refractivity contribution is -0.145. The van der Waals surface area contributed by atoms with E-state index in [4.69, 9.17) is 10.5 Å². The van der Waals surface area contributed by atoms with Crippen LogP contribution >= 0.6 is 0 Å². The number of nitrogens with two attached hydrogens (primary N) is 1. The molecule has 2 aliphatic carbocycles. The number of hydrogen-bond donors (Lipinski definition) is 5. The summed E-state index contributed by atoms with van der Waals surface area (Å²) in [5.41, 5.74) is 3.88. The Hall–Kier alpha value is -3.38. The molecule has 13 nitrogen and oxygen atoms in total. The minimum absolute atomic E-state index is 0.0718. The minimum Gasteiger partial charge on any atom is -0.447 e. The van der Waals surface area contributed by atoms with Crippen molar-refractivity contribution in [1.82, 2.24) is 26.2 Å². The molecule has 1 saturated heterocycles. The van der Waals surface area contributed by atoms with Crippen molar-refractivity contribution in [3.8, 4) is 0 Å². The average Bonchev–Trinajstić information content (AvgIpc) is 3.74. The van der Waals surface area contributed by atoms with Crippen molar-refractivity contribution in [3.05, 3.63) is 0 Å². The normalized spacial score (nSPS) is 24.5. The molecule has 4 unspecified atom stereocenters. The van der Waals surface area contributed by atoms with Gasteiger partial charge in [-0.25, -0.2) is 9.59 Å². The van der Waals surface area contributed by atoms with Crippen LogP contribution in [0, 0.1) is 34.0 Å². The monoisotopic (exact) mass is 606 g/mol. The minimum atomic E-state index is -1.10. The zero-order chi connectivity index (χ0) is 32.7. The highest BCUT2D eigenvalue weighted by Crippen LogP contribution is 2.65. The number of primary amides is 1. The number of rotatable bonds is 11. The molecule has 43 heavy (non-hydrogen) atoms. The molecule has 6 N–H and O–H groups in total. The standard InChI is InChI=1S/C30H50N6O7/c1-28(2,3)18(14-43-27(42)32-9)34-26(41)35-22(29(4,5)6)25(40)36-13-16-19(30(16,7)8)20(36)24(39)33-17(12-15-10-11-15)21(37)23(31)38/h15-20,22H,10-14H2,1-9H3,(H2,31,38)(H,32,42)(H,33,39)(H2,34,35,41)/t16-,17?,18?,19-,20?,22?/m0/s1. The Labute approximate surface area is 254 Å². The summed E-state index contributed by atoms with van der Waals surface area (Å²) in [5, 5.41) is 10.8. The maximum atomic E-state index is 14.2. The Balaban J connectivity index is 1.80. The number of likely N-dealkylation sites (tertiary alicyclic amines) is 1. The first-order chi connectivity index (χ1) is 19.7. The van der Waals surface area contributed by atoms with E-state index in [0.717, 1.165) is 12.8 Å². The van der Waals surface area contributed by atoms with Crippen LogP contribution in [0.5, 0.6) is 0 Å². The summed E-state index contributed by atoms with van der Waals surface area (Å²) in [6.45, 7) is 15.4. The fraction of sp³-hybridized carbons (Fsp3) is 0.800. The molecule has 242 valence electrons. The predicted molar refractivity (Wildman–Crippen MR) is 158 cm³/mol. The van der Waals surface area contributed by atoms with Crippen LogP contribution in [0.15, 0.2) is 0 Å². The summed E-state index contributed by atoms with van der Waals surface area (Å²) in [7, 11) is 1.44. The lowest BCUT2D eigenvalue weighted by Gasteiger charge is -2.38. The lowest BCUT2D eigenvalue weighted by Crippen LogP contribution is -2.62. The molecular formula is C30H50N6O7. The number of Topliss-reactive ketones (excluding diaryl/α,β-unsaturated/α-hetero) is 1. The van der Waals surface area contributed by atoms with Crippen molar-refractivity contribution >= 4 is 35.6 Å². The van der Waals surface area contributed by atoms with Crippen LogP contribution in [-0.2, 0) is 23.9 Å². The van der Waals surface area contributed by atoms with E-state index < -0.39 is 70.6 Å². The lowest BCUT2D eigenvalue weighted by atomic mass is 9.85. The zero-order valence-electron chi connectivity index (χ0n) is 27.0. The van der Waals surface area contributed by atoms with Gasteiger partial charge in [-0.1, -0.05) is 68.2 Å². The quantitative estimate of drug-likeness (QED) is 0.219. The first-order valence-electron chi connectivity index (χ1n) is 15.1. The van der Waals surface area contributed by atoms with Crippen LogP contribution in [0.4, 0.5) is 9.59 Å². The molecule has 1 aliphatic heterocycles. The number of carbonyl (C=O) groups is 6. The topological polar surface area (TPSA) is 189 Å². The van der Waals surface area contributed by atoms with Gasteiger partial charge in [-0.3, -0.25) is 19.2 Å². The van der Waals surface area contributed by atoms with Crippen molar-refractivity contribution in [1.29, 1.82) is 0 Å². The van der Waals surface area contributed by atoms with Crippen LogP contribution in [-0.4, -0.2) is 84.9 Å². The van der Waals surface area contributed by atoms with E-state index in [9.17, 15) is 28.8 Å². The van der Waals surface area contributed by atoms with Crippen molar-refractivity contribution < 1.29 is 33.5 Å². The zero-order valence-corrected chi connectivity index (χ0v) is 27.0. The second-order valence-electron chi connectivity index (χ2n) is 15.0. The van der Waals surface area contributed by atoms with Gasteiger partial charge in [0, 0.05) is 13.6 Å². The third-order valence-corrected chi connectivity index (χ3v) is 9.23. The van der Waals surface area contributed by atoms with Gasteiger partial charge in [0.05, 0.1) is 12.1 Å². The van der Waals surface area contributed by atoms with Gasteiger partial charge < -0.3 is 36.6 Å². The van der Waals surface area contributed by atoms with Crippen LogP contribution in [0.25, 0.3) is 0 Å². The van der Waals surface area contributed by atoms with Gasteiger partial charge in [-0.2, -0.15) is 0 Å². The molecule has 13 heteroatoms. The Kier molecular flexibility index (Phi) is 9.77. The van der Waals surface area contributed by atoms with Crippen molar-refractivity contribution in [2.45, 2.75) is 98.8 Å². The first kappa shape index (κ1) is 34.1. The molecule has 0 spiro atoms. The van der Waals surface area contributed by atoms with E-state index in [-0.39, 0.29) is 29.8 Å². The van der Waals surface area contributed by atoms with Crippen LogP contribution in [0.1, 0.15) is 74.7 Å². The third kappa shape index (κ3) is 7.97. The largest absolute Gasteiger partial charge is 0.447 e. The number of nitrogens with zero attached hydrogens (tertiary/aromatic N) is 1. The fourth-order valence-corrected chi connectivity index (χ4v) is 6.05. The maximum Gasteiger partial charge on any atom is 0.406 e. The van der Waals surface area contributed by atoms with Gasteiger partial charge in [0.25, 0.3) is 5.91 Å². The highest BCUT2D eigenvalue weighted by Gasteiger charge is 2.70. The Morgan fingerprint density at radius 1 is 0.953 bits per heavy atom. The van der Waals surface area contributed by atoms with E-state index in [1.165, 1.54) is 11.9 Å². The van der Waals surface area contributed by atoms with Gasteiger partial charge >= 0.3 is 12.1 Å². The first-order valence-corrected chi connectivity index (χ1v) is 15.1. The summed E-state index contributed by atoms with van der Waals surface area (Å²) >= 11 is 0. The fourth-order valence-electron chi connectivity index (χ4n) is 6.05. The summed E-state index contributed by atoms with van der Waals surface area (Å²) in [4.78, 5) is 78.6. The highest BCUT2D eigenvalue weighted by atomic mass is 16.5. The molecule has 0 bridgehead atoms. The SMILES string of the molecule is CNC(=O)OCC(NC(=O)NC(C(=O)N1C[C@H]2[C@@H](C1C(=O)NC(CC1CC1)C(=O)C(N)=O)C2(C)C)C(C)(C)C)C(C)(C)C. The second-order valence-corrected chi connectivity index (χ2v) is 15.0. The van der Waals surface area contributed by atoms with Crippen molar-refractivity contribution in [3.63, 3.8) is 0 Å². The smallest absolute Gasteiger partial charge is 0.406 e. The Morgan fingerprint density at radius 2 is 1.56 bits per heavy atom. The molecule has 3 aliphatic rings.